The zero-order valence-corrected chi connectivity index (χ0v) is 11.8. The van der Waals surface area contributed by atoms with Gasteiger partial charge < -0.3 is 0 Å². The Bertz CT molecular complexity index is 738. The molecule has 2 heterocycles. The van der Waals surface area contributed by atoms with E-state index < -0.39 is 10.0 Å². The van der Waals surface area contributed by atoms with Crippen LogP contribution in [0.4, 0.5) is 5.82 Å². The van der Waals surface area contributed by atoms with Crippen molar-refractivity contribution < 1.29 is 8.42 Å². The van der Waals surface area contributed by atoms with Gasteiger partial charge in [0.05, 0.1) is 0 Å². The van der Waals surface area contributed by atoms with Crippen LogP contribution in [0.15, 0.2) is 46.0 Å². The van der Waals surface area contributed by atoms with Crippen molar-refractivity contribution in [2.24, 2.45) is 0 Å². The van der Waals surface area contributed by atoms with Crippen LogP contribution in [0.3, 0.4) is 0 Å². The molecule has 0 atom stereocenters. The maximum absolute atomic E-state index is 12.0. The molecule has 0 aromatic carbocycles. The second-order valence-electron chi connectivity index (χ2n) is 3.46. The number of anilines is 1. The monoisotopic (exact) mass is 338 g/mol. The van der Waals surface area contributed by atoms with Crippen LogP contribution >= 0.6 is 15.9 Å². The largest absolute Gasteiger partial charge is 0.264 e. The van der Waals surface area contributed by atoms with Gasteiger partial charge >= 0.3 is 0 Å². The molecule has 0 aliphatic heterocycles. The SMILES string of the molecule is N#Cc1ccc(S(=O)(=O)Nc2cc(Br)ccn2)cn1. The molecule has 0 fully saturated rings. The zero-order chi connectivity index (χ0) is 13.9. The molecule has 8 heteroatoms. The van der Waals surface area contributed by atoms with E-state index in [4.69, 9.17) is 5.26 Å². The molecule has 19 heavy (non-hydrogen) atoms. The van der Waals surface area contributed by atoms with Gasteiger partial charge in [-0.1, -0.05) is 15.9 Å². The Labute approximate surface area is 118 Å². The summed E-state index contributed by atoms with van der Waals surface area (Å²) in [5, 5.41) is 8.60. The molecule has 2 rings (SSSR count). The summed E-state index contributed by atoms with van der Waals surface area (Å²) in [5.41, 5.74) is 0.152. The third-order valence-corrected chi connectivity index (χ3v) is 3.96. The number of halogens is 1. The topological polar surface area (TPSA) is 95.7 Å². The summed E-state index contributed by atoms with van der Waals surface area (Å²) in [4.78, 5) is 7.57. The molecule has 0 saturated carbocycles. The van der Waals surface area contributed by atoms with Crippen LogP contribution in [0.25, 0.3) is 0 Å². The molecule has 0 bridgehead atoms. The first-order chi connectivity index (χ1) is 9.01. The van der Waals surface area contributed by atoms with Gasteiger partial charge in [-0.2, -0.15) is 5.26 Å². The van der Waals surface area contributed by atoms with E-state index >= 15 is 0 Å². The summed E-state index contributed by atoms with van der Waals surface area (Å²) in [5.74, 6) is 0.193. The van der Waals surface area contributed by atoms with Crippen molar-refractivity contribution in [2.45, 2.75) is 4.90 Å². The highest BCUT2D eigenvalue weighted by Gasteiger charge is 2.15. The van der Waals surface area contributed by atoms with Gasteiger partial charge in [0.25, 0.3) is 10.0 Å². The lowest BCUT2D eigenvalue weighted by atomic mass is 10.4. The lowest BCUT2D eigenvalue weighted by Gasteiger charge is -2.06. The molecule has 96 valence electrons. The van der Waals surface area contributed by atoms with Gasteiger partial charge in [0.1, 0.15) is 22.5 Å². The highest BCUT2D eigenvalue weighted by molar-refractivity contribution is 9.10. The minimum absolute atomic E-state index is 0.0340. The lowest BCUT2D eigenvalue weighted by molar-refractivity contribution is 0.600. The summed E-state index contributed by atoms with van der Waals surface area (Å²) in [6, 6.07) is 7.68. The van der Waals surface area contributed by atoms with Crippen molar-refractivity contribution in [3.8, 4) is 6.07 Å². The van der Waals surface area contributed by atoms with Gasteiger partial charge in [-0.05, 0) is 24.3 Å². The fourth-order valence-corrected chi connectivity index (χ4v) is 2.54. The Morgan fingerprint density at radius 2 is 2.05 bits per heavy atom. The van der Waals surface area contributed by atoms with Crippen molar-refractivity contribution in [2.75, 3.05) is 4.72 Å². The van der Waals surface area contributed by atoms with Crippen molar-refractivity contribution >= 4 is 31.8 Å². The number of hydrogen-bond acceptors (Lipinski definition) is 5. The van der Waals surface area contributed by atoms with E-state index in [9.17, 15) is 8.42 Å². The minimum atomic E-state index is -3.76. The van der Waals surface area contributed by atoms with E-state index in [-0.39, 0.29) is 16.4 Å². The molecule has 0 radical (unpaired) electrons. The van der Waals surface area contributed by atoms with Gasteiger partial charge in [-0.25, -0.2) is 18.4 Å². The minimum Gasteiger partial charge on any atom is -0.263 e. The first-order valence-electron chi connectivity index (χ1n) is 5.02. The maximum Gasteiger partial charge on any atom is 0.264 e. The second-order valence-corrected chi connectivity index (χ2v) is 6.05. The Balaban J connectivity index is 2.30. The Morgan fingerprint density at radius 3 is 2.63 bits per heavy atom. The predicted molar refractivity (Wildman–Crippen MR) is 71.7 cm³/mol. The van der Waals surface area contributed by atoms with E-state index in [1.165, 1.54) is 24.4 Å². The van der Waals surface area contributed by atoms with E-state index in [1.54, 1.807) is 6.07 Å². The molecule has 0 unspecified atom stereocenters. The number of nitrogens with one attached hydrogen (secondary N) is 1. The molecule has 0 amide bonds. The van der Waals surface area contributed by atoms with E-state index in [2.05, 4.69) is 30.6 Å². The summed E-state index contributed by atoms with van der Waals surface area (Å²) >= 11 is 3.22. The van der Waals surface area contributed by atoms with Crippen LogP contribution in [0, 0.1) is 11.3 Å². The lowest BCUT2D eigenvalue weighted by Crippen LogP contribution is -2.14. The first kappa shape index (κ1) is 13.5. The number of pyridine rings is 2. The van der Waals surface area contributed by atoms with Gasteiger partial charge in [0, 0.05) is 16.9 Å². The molecular weight excluding hydrogens is 332 g/mol. The average Bonchev–Trinajstić information content (AvgIpc) is 2.38. The number of nitriles is 1. The average molecular weight is 339 g/mol. The fourth-order valence-electron chi connectivity index (χ4n) is 1.26. The third kappa shape index (κ3) is 3.27. The van der Waals surface area contributed by atoms with E-state index in [1.807, 2.05) is 6.07 Å². The molecule has 1 N–H and O–H groups in total. The molecule has 0 spiro atoms. The summed E-state index contributed by atoms with van der Waals surface area (Å²) < 4.78 is 27.1. The van der Waals surface area contributed by atoms with E-state index in [0.717, 1.165) is 6.20 Å². The molecule has 0 aliphatic carbocycles. The van der Waals surface area contributed by atoms with Crippen LogP contribution in [0.2, 0.25) is 0 Å². The quantitative estimate of drug-likeness (QED) is 0.922. The normalized spacial score (nSPS) is 10.7. The van der Waals surface area contributed by atoms with Crippen LogP contribution in [-0.4, -0.2) is 18.4 Å². The molecular formula is C11H7BrN4O2S. The number of sulfonamides is 1. The van der Waals surface area contributed by atoms with Crippen molar-refractivity contribution in [3.63, 3.8) is 0 Å². The number of aromatic nitrogens is 2. The highest BCUT2D eigenvalue weighted by atomic mass is 79.9. The fraction of sp³-hybridized carbons (Fsp3) is 0. The van der Waals surface area contributed by atoms with Crippen molar-refractivity contribution in [3.05, 3.63) is 46.8 Å². The smallest absolute Gasteiger partial charge is 0.263 e. The van der Waals surface area contributed by atoms with Gasteiger partial charge in [0.15, 0.2) is 0 Å². The summed E-state index contributed by atoms with van der Waals surface area (Å²) in [6.45, 7) is 0. The summed E-state index contributed by atoms with van der Waals surface area (Å²) in [7, 11) is -3.76. The Hall–Kier alpha value is -1.98. The van der Waals surface area contributed by atoms with Crippen LogP contribution in [-0.2, 0) is 10.0 Å². The summed E-state index contributed by atoms with van der Waals surface area (Å²) in [6.07, 6.45) is 2.60. The third-order valence-electron chi connectivity index (χ3n) is 2.12. The van der Waals surface area contributed by atoms with Gasteiger partial charge in [-0.3, -0.25) is 4.72 Å². The maximum atomic E-state index is 12.0. The first-order valence-corrected chi connectivity index (χ1v) is 7.29. The molecule has 2 aromatic heterocycles. The van der Waals surface area contributed by atoms with Crippen molar-refractivity contribution in [1.82, 2.24) is 9.97 Å². The van der Waals surface area contributed by atoms with Gasteiger partial charge in [0.2, 0.25) is 0 Å². The highest BCUT2D eigenvalue weighted by Crippen LogP contribution is 2.17. The Morgan fingerprint density at radius 1 is 1.26 bits per heavy atom. The standard InChI is InChI=1S/C11H7BrN4O2S/c12-8-3-4-14-11(5-8)16-19(17,18)10-2-1-9(6-13)15-7-10/h1-5,7H,(H,14,16). The molecule has 6 nitrogen and oxygen atoms in total. The van der Waals surface area contributed by atoms with Crippen LogP contribution < -0.4 is 4.72 Å². The number of nitrogens with zero attached hydrogens (tertiary/aromatic N) is 3. The van der Waals surface area contributed by atoms with Gasteiger partial charge in [-0.15, -0.1) is 0 Å². The van der Waals surface area contributed by atoms with Crippen molar-refractivity contribution in [1.29, 1.82) is 5.26 Å². The second kappa shape index (κ2) is 5.34. The van der Waals surface area contributed by atoms with Crippen LogP contribution in [0.5, 0.6) is 0 Å². The zero-order valence-electron chi connectivity index (χ0n) is 9.41. The molecule has 0 aliphatic rings. The van der Waals surface area contributed by atoms with E-state index in [0.29, 0.717) is 4.47 Å². The number of rotatable bonds is 3. The molecule has 0 saturated heterocycles. The predicted octanol–water partition coefficient (Wildman–Crippen LogP) is 1.91. The van der Waals surface area contributed by atoms with Crippen LogP contribution in [0.1, 0.15) is 5.69 Å². The number of hydrogen-bond donors (Lipinski definition) is 1. The molecule has 2 aromatic rings. The Kier molecular flexibility index (Phi) is 3.78.